The molecule has 1 atom stereocenters. The molecule has 9 nitrogen and oxygen atoms in total. The van der Waals surface area contributed by atoms with E-state index >= 15 is 0 Å². The number of nitriles is 1. The second-order valence-electron chi connectivity index (χ2n) is 9.89. The lowest BCUT2D eigenvalue weighted by atomic mass is 9.96. The zero-order chi connectivity index (χ0) is 32.1. The number of nitrogens with zero attached hydrogens (tertiary/aromatic N) is 3. The Morgan fingerprint density at radius 3 is 2.56 bits per heavy atom. The Morgan fingerprint density at radius 1 is 1.07 bits per heavy atom. The molecule has 2 heterocycles. The van der Waals surface area contributed by atoms with Crippen LogP contribution in [-0.2, 0) is 16.1 Å². The first kappa shape index (κ1) is 31.8. The summed E-state index contributed by atoms with van der Waals surface area (Å²) in [5.74, 6) is 1.12. The second-order valence-corrected chi connectivity index (χ2v) is 11.8. The van der Waals surface area contributed by atoms with Crippen LogP contribution in [0.3, 0.4) is 0 Å². The summed E-state index contributed by atoms with van der Waals surface area (Å²) < 4.78 is 25.4. The van der Waals surface area contributed by atoms with Crippen molar-refractivity contribution in [2.75, 3.05) is 20.3 Å². The number of benzene rings is 3. The van der Waals surface area contributed by atoms with Crippen molar-refractivity contribution in [3.8, 4) is 23.3 Å². The van der Waals surface area contributed by atoms with Crippen molar-refractivity contribution >= 4 is 39.3 Å². The van der Waals surface area contributed by atoms with Crippen LogP contribution >= 0.6 is 27.3 Å². The summed E-state index contributed by atoms with van der Waals surface area (Å²) in [4.78, 5) is 32.3. The normalized spacial score (nSPS) is 14.3. The maximum atomic E-state index is 14.0. The van der Waals surface area contributed by atoms with Crippen LogP contribution in [0.2, 0.25) is 0 Å². The summed E-state index contributed by atoms with van der Waals surface area (Å²) in [7, 11) is 1.57. The van der Waals surface area contributed by atoms with Gasteiger partial charge in [-0.15, -0.1) is 0 Å². The molecular weight excluding hydrogens is 658 g/mol. The summed E-state index contributed by atoms with van der Waals surface area (Å²) in [6, 6.07) is 19.6. The van der Waals surface area contributed by atoms with Crippen LogP contribution < -0.4 is 29.1 Å². The van der Waals surface area contributed by atoms with Crippen molar-refractivity contribution in [1.82, 2.24) is 4.57 Å². The number of ether oxygens (including phenoxy) is 4. The minimum absolute atomic E-state index is 0.186. The summed E-state index contributed by atoms with van der Waals surface area (Å²) in [6.45, 7) is 6.15. The molecule has 4 aromatic rings. The number of esters is 1. The van der Waals surface area contributed by atoms with Crippen molar-refractivity contribution in [3.63, 3.8) is 0 Å². The van der Waals surface area contributed by atoms with Gasteiger partial charge in [-0.25, -0.2) is 9.79 Å². The fourth-order valence-corrected chi connectivity index (χ4v) is 6.63. The first-order valence-corrected chi connectivity index (χ1v) is 15.8. The van der Waals surface area contributed by atoms with E-state index in [0.717, 1.165) is 11.1 Å². The van der Waals surface area contributed by atoms with Gasteiger partial charge >= 0.3 is 5.97 Å². The molecule has 1 aliphatic rings. The topological polar surface area (TPSA) is 112 Å². The standard InChI is InChI=1S/C34H30BrN3O6S/c1-5-42-28-15-21(11-13-27(28)44-19-24-10-8-7-9-23(24)18-36)16-29-32(39)38-31(22-12-14-26(41-4)25(35)17-22)30(33(40)43-6-2)20(3)37-34(38)45-29/h7-17,31H,5-6,19H2,1-4H3/b29-16+/t31-/m0/s1. The maximum absolute atomic E-state index is 14.0. The van der Waals surface area contributed by atoms with E-state index < -0.39 is 12.0 Å². The molecule has 45 heavy (non-hydrogen) atoms. The van der Waals surface area contributed by atoms with E-state index in [1.165, 1.54) is 15.9 Å². The number of hydrogen-bond donors (Lipinski definition) is 0. The average Bonchev–Trinajstić information content (AvgIpc) is 3.33. The summed E-state index contributed by atoms with van der Waals surface area (Å²) in [6.07, 6.45) is 1.77. The third-order valence-corrected chi connectivity index (χ3v) is 8.70. The largest absolute Gasteiger partial charge is 0.496 e. The predicted octanol–water partition coefficient (Wildman–Crippen LogP) is 5.42. The van der Waals surface area contributed by atoms with Crippen LogP contribution in [0, 0.1) is 11.3 Å². The molecule has 0 saturated heterocycles. The van der Waals surface area contributed by atoms with E-state index in [1.54, 1.807) is 51.3 Å². The van der Waals surface area contributed by atoms with Crippen LogP contribution in [-0.4, -0.2) is 30.9 Å². The molecule has 1 aliphatic heterocycles. The number of rotatable bonds is 10. The number of carbonyl (C=O) groups is 1. The van der Waals surface area contributed by atoms with Gasteiger partial charge in [0.2, 0.25) is 0 Å². The molecule has 0 spiro atoms. The number of thiazole rings is 1. The van der Waals surface area contributed by atoms with Crippen molar-refractivity contribution in [3.05, 3.63) is 118 Å². The number of halogens is 1. The Hall–Kier alpha value is -4.66. The van der Waals surface area contributed by atoms with Gasteiger partial charge in [0.1, 0.15) is 12.4 Å². The number of aromatic nitrogens is 1. The third-order valence-electron chi connectivity index (χ3n) is 7.09. The van der Waals surface area contributed by atoms with Crippen molar-refractivity contribution in [2.45, 2.75) is 33.4 Å². The molecule has 0 radical (unpaired) electrons. The van der Waals surface area contributed by atoms with Gasteiger partial charge in [-0.2, -0.15) is 5.26 Å². The summed E-state index contributed by atoms with van der Waals surface area (Å²) >= 11 is 4.77. The summed E-state index contributed by atoms with van der Waals surface area (Å²) in [5.41, 5.74) is 3.22. The number of methoxy groups -OCH3 is 1. The van der Waals surface area contributed by atoms with Crippen molar-refractivity contribution < 1.29 is 23.7 Å². The molecule has 0 unspecified atom stereocenters. The third kappa shape index (κ3) is 6.57. The second kappa shape index (κ2) is 14.0. The maximum Gasteiger partial charge on any atom is 0.338 e. The zero-order valence-electron chi connectivity index (χ0n) is 25.1. The van der Waals surface area contributed by atoms with Crippen LogP contribution in [0.4, 0.5) is 0 Å². The number of fused-ring (bicyclic) bond motifs is 1. The van der Waals surface area contributed by atoms with Crippen molar-refractivity contribution in [2.24, 2.45) is 4.99 Å². The highest BCUT2D eigenvalue weighted by Gasteiger charge is 2.33. The Bertz CT molecular complexity index is 2020. The van der Waals surface area contributed by atoms with E-state index in [2.05, 4.69) is 27.0 Å². The van der Waals surface area contributed by atoms with Gasteiger partial charge in [0.15, 0.2) is 16.3 Å². The van der Waals surface area contributed by atoms with E-state index in [4.69, 9.17) is 18.9 Å². The highest BCUT2D eigenvalue weighted by molar-refractivity contribution is 9.10. The van der Waals surface area contributed by atoms with Gasteiger partial charge in [0.25, 0.3) is 5.56 Å². The van der Waals surface area contributed by atoms with E-state index in [1.807, 2.05) is 43.3 Å². The minimum Gasteiger partial charge on any atom is -0.496 e. The quantitative estimate of drug-likeness (QED) is 0.205. The first-order chi connectivity index (χ1) is 21.8. The average molecular weight is 689 g/mol. The van der Waals surface area contributed by atoms with Gasteiger partial charge in [-0.1, -0.05) is 41.7 Å². The van der Waals surface area contributed by atoms with Crippen LogP contribution in [0.15, 0.2) is 86.2 Å². The molecule has 3 aromatic carbocycles. The monoisotopic (exact) mass is 687 g/mol. The fourth-order valence-electron chi connectivity index (χ4n) is 5.02. The SMILES string of the molecule is CCOC(=O)C1=C(C)N=c2s/c(=C/c3ccc(OCc4ccccc4C#N)c(OCC)c3)c(=O)n2[C@H]1c1ccc(OC)c(Br)c1. The van der Waals surface area contributed by atoms with Gasteiger partial charge in [0.05, 0.1) is 58.3 Å². The Labute approximate surface area is 272 Å². The Kier molecular flexibility index (Phi) is 9.86. The highest BCUT2D eigenvalue weighted by atomic mass is 79.9. The molecule has 230 valence electrons. The van der Waals surface area contributed by atoms with Crippen molar-refractivity contribution in [1.29, 1.82) is 5.26 Å². The smallest absolute Gasteiger partial charge is 0.338 e. The zero-order valence-corrected chi connectivity index (χ0v) is 27.5. The number of carbonyl (C=O) groups excluding carboxylic acids is 1. The predicted molar refractivity (Wildman–Crippen MR) is 174 cm³/mol. The number of allylic oxidation sites excluding steroid dienone is 1. The molecule has 0 saturated carbocycles. The van der Waals surface area contributed by atoms with E-state index in [9.17, 15) is 14.9 Å². The minimum atomic E-state index is -0.754. The number of hydrogen-bond acceptors (Lipinski definition) is 9. The van der Waals surface area contributed by atoms with Gasteiger partial charge in [-0.05, 0) is 84.2 Å². The Balaban J connectivity index is 1.57. The molecule has 1 aromatic heterocycles. The van der Waals surface area contributed by atoms with Crippen LogP contribution in [0.25, 0.3) is 6.08 Å². The summed E-state index contributed by atoms with van der Waals surface area (Å²) in [5, 5.41) is 9.41. The molecule has 0 aliphatic carbocycles. The lowest BCUT2D eigenvalue weighted by molar-refractivity contribution is -0.139. The fraction of sp³-hybridized carbons (Fsp3) is 0.235. The van der Waals surface area contributed by atoms with Crippen LogP contribution in [0.5, 0.6) is 17.2 Å². The van der Waals surface area contributed by atoms with Gasteiger partial charge < -0.3 is 18.9 Å². The molecule has 0 fully saturated rings. The van der Waals surface area contributed by atoms with Gasteiger partial charge in [-0.3, -0.25) is 9.36 Å². The van der Waals surface area contributed by atoms with Crippen LogP contribution in [0.1, 0.15) is 49.1 Å². The lowest BCUT2D eigenvalue weighted by Crippen LogP contribution is -2.39. The molecular formula is C34H30BrN3O6S. The van der Waals surface area contributed by atoms with E-state index in [0.29, 0.717) is 60.1 Å². The molecule has 0 amide bonds. The van der Waals surface area contributed by atoms with E-state index in [-0.39, 0.29) is 18.8 Å². The molecule has 11 heteroatoms. The molecule has 5 rings (SSSR count). The Morgan fingerprint density at radius 2 is 1.84 bits per heavy atom. The first-order valence-electron chi connectivity index (χ1n) is 14.2. The molecule has 0 bridgehead atoms. The highest BCUT2D eigenvalue weighted by Crippen LogP contribution is 2.35. The van der Waals surface area contributed by atoms with Gasteiger partial charge in [0, 0.05) is 5.56 Å². The lowest BCUT2D eigenvalue weighted by Gasteiger charge is -2.25. The molecule has 0 N–H and O–H groups in total.